The highest BCUT2D eigenvalue weighted by molar-refractivity contribution is 5.94. The van der Waals surface area contributed by atoms with Crippen molar-refractivity contribution in [2.75, 3.05) is 44.8 Å². The molecule has 3 rings (SSSR count). The lowest BCUT2D eigenvalue weighted by Gasteiger charge is -2.37. The van der Waals surface area contributed by atoms with Crippen LogP contribution in [0.4, 0.5) is 5.69 Å². The molecule has 2 aromatic carbocycles. The highest BCUT2D eigenvalue weighted by Gasteiger charge is 2.23. The van der Waals surface area contributed by atoms with E-state index in [1.54, 1.807) is 18.2 Å². The molecular formula is C23H28N2O4. The van der Waals surface area contributed by atoms with E-state index in [-0.39, 0.29) is 18.3 Å². The van der Waals surface area contributed by atoms with Crippen molar-refractivity contribution >= 4 is 17.4 Å². The van der Waals surface area contributed by atoms with Crippen molar-refractivity contribution in [1.29, 1.82) is 0 Å². The maximum absolute atomic E-state index is 12.6. The highest BCUT2D eigenvalue weighted by atomic mass is 16.5. The van der Waals surface area contributed by atoms with Gasteiger partial charge in [-0.15, -0.1) is 0 Å². The van der Waals surface area contributed by atoms with Crippen LogP contribution < -0.4 is 14.4 Å². The zero-order valence-electron chi connectivity index (χ0n) is 17.5. The van der Waals surface area contributed by atoms with Gasteiger partial charge in [0.25, 0.3) is 5.91 Å². The molecule has 6 heteroatoms. The molecule has 1 aliphatic heterocycles. The number of rotatable bonds is 6. The molecule has 0 aromatic heterocycles. The molecule has 0 radical (unpaired) electrons. The first-order valence-corrected chi connectivity index (χ1v) is 9.81. The van der Waals surface area contributed by atoms with Gasteiger partial charge in [-0.05, 0) is 56.2 Å². The van der Waals surface area contributed by atoms with Gasteiger partial charge in [-0.3, -0.25) is 9.59 Å². The van der Waals surface area contributed by atoms with E-state index in [1.807, 2.05) is 4.90 Å². The molecule has 2 aromatic rings. The van der Waals surface area contributed by atoms with Crippen molar-refractivity contribution in [3.05, 3.63) is 53.1 Å². The third kappa shape index (κ3) is 4.70. The van der Waals surface area contributed by atoms with Crippen LogP contribution in [0.2, 0.25) is 0 Å². The van der Waals surface area contributed by atoms with Crippen molar-refractivity contribution in [2.45, 2.75) is 20.8 Å². The number of piperazine rings is 1. The number of ether oxygens (including phenoxy) is 2. The highest BCUT2D eigenvalue weighted by Crippen LogP contribution is 2.28. The summed E-state index contributed by atoms with van der Waals surface area (Å²) in [6.45, 7) is 8.62. The molecule has 0 saturated carbocycles. The molecule has 0 bridgehead atoms. The summed E-state index contributed by atoms with van der Waals surface area (Å²) in [5, 5.41) is 0. The van der Waals surface area contributed by atoms with Crippen LogP contribution in [0.5, 0.6) is 11.5 Å². The summed E-state index contributed by atoms with van der Waals surface area (Å²) in [7, 11) is 1.51. The number of hydrogen-bond donors (Lipinski definition) is 0. The maximum atomic E-state index is 12.6. The van der Waals surface area contributed by atoms with Gasteiger partial charge >= 0.3 is 0 Å². The average Bonchev–Trinajstić information content (AvgIpc) is 2.74. The zero-order chi connectivity index (χ0) is 21.0. The van der Waals surface area contributed by atoms with E-state index in [4.69, 9.17) is 9.47 Å². The van der Waals surface area contributed by atoms with E-state index in [0.29, 0.717) is 30.2 Å². The third-order valence-electron chi connectivity index (χ3n) is 5.47. The number of benzene rings is 2. The third-order valence-corrected chi connectivity index (χ3v) is 5.47. The van der Waals surface area contributed by atoms with Crippen LogP contribution in [0.15, 0.2) is 36.4 Å². The number of methoxy groups -OCH3 is 1. The molecule has 1 saturated heterocycles. The Bertz CT molecular complexity index is 902. The van der Waals surface area contributed by atoms with Gasteiger partial charge in [-0.2, -0.15) is 0 Å². The number of carbonyl (C=O) groups is 2. The number of carbonyl (C=O) groups excluding carboxylic acids is 2. The fourth-order valence-electron chi connectivity index (χ4n) is 3.51. The molecule has 0 unspecified atom stereocenters. The summed E-state index contributed by atoms with van der Waals surface area (Å²) in [6.07, 6.45) is 0. The first-order chi connectivity index (χ1) is 13.9. The summed E-state index contributed by atoms with van der Waals surface area (Å²) < 4.78 is 11.0. The molecule has 0 aliphatic carbocycles. The van der Waals surface area contributed by atoms with Gasteiger partial charge in [0.15, 0.2) is 23.9 Å². The molecule has 6 nitrogen and oxygen atoms in total. The minimum atomic E-state index is -0.0563. The van der Waals surface area contributed by atoms with Crippen molar-refractivity contribution < 1.29 is 19.1 Å². The largest absolute Gasteiger partial charge is 0.493 e. The topological polar surface area (TPSA) is 59.1 Å². The lowest BCUT2D eigenvalue weighted by molar-refractivity contribution is -0.133. The smallest absolute Gasteiger partial charge is 0.260 e. The summed E-state index contributed by atoms with van der Waals surface area (Å²) in [5.74, 6) is 0.807. The lowest BCUT2D eigenvalue weighted by atomic mass is 10.1. The number of Topliss-reactive ketones (excluding diaryl/α,β-unsaturated/α-hetero) is 1. The predicted molar refractivity (Wildman–Crippen MR) is 113 cm³/mol. The van der Waals surface area contributed by atoms with E-state index < -0.39 is 0 Å². The van der Waals surface area contributed by atoms with Crippen LogP contribution in [0, 0.1) is 13.8 Å². The van der Waals surface area contributed by atoms with Crippen molar-refractivity contribution in [1.82, 2.24) is 4.90 Å². The molecule has 29 heavy (non-hydrogen) atoms. The number of hydrogen-bond acceptors (Lipinski definition) is 5. The Morgan fingerprint density at radius 1 is 1.00 bits per heavy atom. The van der Waals surface area contributed by atoms with Gasteiger partial charge in [0.1, 0.15) is 0 Å². The van der Waals surface area contributed by atoms with E-state index in [1.165, 1.54) is 30.8 Å². The second-order valence-electron chi connectivity index (χ2n) is 7.30. The summed E-state index contributed by atoms with van der Waals surface area (Å²) >= 11 is 0. The van der Waals surface area contributed by atoms with Crippen molar-refractivity contribution in [3.8, 4) is 11.5 Å². The van der Waals surface area contributed by atoms with Crippen molar-refractivity contribution in [2.24, 2.45) is 0 Å². The van der Waals surface area contributed by atoms with Crippen LogP contribution in [-0.4, -0.2) is 56.5 Å². The quantitative estimate of drug-likeness (QED) is 0.702. The summed E-state index contributed by atoms with van der Waals surface area (Å²) in [5.41, 5.74) is 4.35. The first kappa shape index (κ1) is 20.7. The Balaban J connectivity index is 1.56. The zero-order valence-corrected chi connectivity index (χ0v) is 17.5. The molecule has 154 valence electrons. The first-order valence-electron chi connectivity index (χ1n) is 9.81. The standard InChI is InChI=1S/C23H28N2O4/c1-16-6-5-7-20(17(16)2)24-10-12-25(13-11-24)23(27)15-29-21-9-8-19(18(3)26)14-22(21)28-4/h5-9,14H,10-13,15H2,1-4H3. The van der Waals surface area contributed by atoms with E-state index in [0.717, 1.165) is 13.1 Å². The second kappa shape index (κ2) is 8.99. The Morgan fingerprint density at radius 2 is 1.72 bits per heavy atom. The predicted octanol–water partition coefficient (Wildman–Crippen LogP) is 3.24. The lowest BCUT2D eigenvalue weighted by Crippen LogP contribution is -2.50. The van der Waals surface area contributed by atoms with Crippen LogP contribution in [0.1, 0.15) is 28.4 Å². The molecule has 1 amide bonds. The second-order valence-corrected chi connectivity index (χ2v) is 7.30. The number of amides is 1. The van der Waals surface area contributed by atoms with E-state index in [2.05, 4.69) is 36.9 Å². The van der Waals surface area contributed by atoms with E-state index in [9.17, 15) is 9.59 Å². The van der Waals surface area contributed by atoms with E-state index >= 15 is 0 Å². The molecule has 1 aliphatic rings. The van der Waals surface area contributed by atoms with Crippen LogP contribution in [-0.2, 0) is 4.79 Å². The van der Waals surface area contributed by atoms with Gasteiger partial charge in [0, 0.05) is 37.4 Å². The van der Waals surface area contributed by atoms with Crippen LogP contribution >= 0.6 is 0 Å². The number of anilines is 1. The average molecular weight is 396 g/mol. The fourth-order valence-corrected chi connectivity index (χ4v) is 3.51. The maximum Gasteiger partial charge on any atom is 0.260 e. The molecule has 0 spiro atoms. The molecule has 0 N–H and O–H groups in total. The Morgan fingerprint density at radius 3 is 2.38 bits per heavy atom. The Kier molecular flexibility index (Phi) is 6.42. The Labute approximate surface area is 172 Å². The van der Waals surface area contributed by atoms with Crippen LogP contribution in [0.3, 0.4) is 0 Å². The number of aryl methyl sites for hydroxylation is 1. The van der Waals surface area contributed by atoms with Gasteiger partial charge in [0.2, 0.25) is 0 Å². The molecule has 0 atom stereocenters. The van der Waals surface area contributed by atoms with Crippen molar-refractivity contribution in [3.63, 3.8) is 0 Å². The summed E-state index contributed by atoms with van der Waals surface area (Å²) in [4.78, 5) is 28.3. The minimum Gasteiger partial charge on any atom is -0.493 e. The minimum absolute atomic E-state index is 0.0485. The Hall–Kier alpha value is -3.02. The van der Waals surface area contributed by atoms with Gasteiger partial charge in [0.05, 0.1) is 7.11 Å². The fraction of sp³-hybridized carbons (Fsp3) is 0.391. The SMILES string of the molecule is COc1cc(C(C)=O)ccc1OCC(=O)N1CCN(c2cccc(C)c2C)CC1. The summed E-state index contributed by atoms with van der Waals surface area (Å²) in [6, 6.07) is 11.3. The number of ketones is 1. The molecule has 1 heterocycles. The normalized spacial score (nSPS) is 13.9. The van der Waals surface area contributed by atoms with Gasteiger partial charge in [-0.25, -0.2) is 0 Å². The molecular weight excluding hydrogens is 368 g/mol. The van der Waals surface area contributed by atoms with Gasteiger partial charge < -0.3 is 19.3 Å². The number of nitrogens with zero attached hydrogens (tertiary/aromatic N) is 2. The molecule has 1 fully saturated rings. The van der Waals surface area contributed by atoms with Crippen LogP contribution in [0.25, 0.3) is 0 Å². The monoisotopic (exact) mass is 396 g/mol. The van der Waals surface area contributed by atoms with Gasteiger partial charge in [-0.1, -0.05) is 12.1 Å².